The molecule has 1 N–H and O–H groups in total. The van der Waals surface area contributed by atoms with Crippen LogP contribution in [0.15, 0.2) is 0 Å². The first-order chi connectivity index (χ1) is 9.41. The zero-order valence-electron chi connectivity index (χ0n) is 14.0. The number of aliphatic hydroxyl groups is 1. The van der Waals surface area contributed by atoms with Gasteiger partial charge in [-0.3, -0.25) is 0 Å². The van der Waals surface area contributed by atoms with Crippen molar-refractivity contribution in [1.82, 2.24) is 0 Å². The number of hydrogen-bond acceptors (Lipinski definition) is 4. The Morgan fingerprint density at radius 2 is 1.38 bits per heavy atom. The minimum absolute atomic E-state index is 0. The minimum Gasteiger partial charge on any atom is -0.748 e. The fourth-order valence-corrected chi connectivity index (χ4v) is 3.44. The summed E-state index contributed by atoms with van der Waals surface area (Å²) in [5, 5.41) is 9.03. The molecule has 0 aromatic heterocycles. The fourth-order valence-electron chi connectivity index (χ4n) is 2.46. The molecular weight excluding hydrogens is 315 g/mol. The van der Waals surface area contributed by atoms with Gasteiger partial charge in [-0.2, -0.15) is 0 Å². The molecule has 0 spiro atoms. The average molecular weight is 347 g/mol. The molecule has 4 nitrogen and oxygen atoms in total. The Labute approximate surface area is 173 Å². The summed E-state index contributed by atoms with van der Waals surface area (Å²) in [4.78, 5) is 0. The monoisotopic (exact) mass is 346 g/mol. The van der Waals surface area contributed by atoms with Gasteiger partial charge in [-0.25, -0.2) is 8.42 Å². The first-order valence-corrected chi connectivity index (χ1v) is 9.51. The summed E-state index contributed by atoms with van der Waals surface area (Å²) >= 11 is 0. The van der Waals surface area contributed by atoms with Crippen molar-refractivity contribution in [3.05, 3.63) is 0 Å². The summed E-state index contributed by atoms with van der Waals surface area (Å²) in [6.45, 7) is 4.04. The van der Waals surface area contributed by atoms with Gasteiger partial charge in [-0.1, -0.05) is 58.8 Å². The van der Waals surface area contributed by atoms with Gasteiger partial charge in [-0.05, 0) is 25.7 Å². The molecule has 0 bridgehead atoms. The first kappa shape index (κ1) is 24.8. The first-order valence-electron chi connectivity index (χ1n) is 8.04. The molecule has 21 heavy (non-hydrogen) atoms. The van der Waals surface area contributed by atoms with Crippen LogP contribution >= 0.6 is 0 Å². The van der Waals surface area contributed by atoms with Crippen LogP contribution in [0.1, 0.15) is 84.5 Å². The van der Waals surface area contributed by atoms with E-state index in [0.717, 1.165) is 57.8 Å². The van der Waals surface area contributed by atoms with E-state index < -0.39 is 15.4 Å². The summed E-state index contributed by atoms with van der Waals surface area (Å²) < 4.78 is 33.1. The summed E-state index contributed by atoms with van der Waals surface area (Å²) in [6.07, 6.45) is 9.03. The van der Waals surface area contributed by atoms with Gasteiger partial charge in [0.2, 0.25) is 0 Å². The van der Waals surface area contributed by atoms with Crippen molar-refractivity contribution in [2.75, 3.05) is 0 Å². The van der Waals surface area contributed by atoms with Gasteiger partial charge in [0, 0.05) is 5.25 Å². The zero-order valence-corrected chi connectivity index (χ0v) is 18.0. The van der Waals surface area contributed by atoms with Crippen LogP contribution in [0, 0.1) is 0 Å². The van der Waals surface area contributed by atoms with Gasteiger partial charge in [0.05, 0.1) is 16.2 Å². The van der Waals surface area contributed by atoms with Crippen molar-refractivity contribution in [2.45, 2.75) is 95.8 Å². The molecule has 0 saturated heterocycles. The molecule has 2 unspecified atom stereocenters. The predicted molar refractivity (Wildman–Crippen MR) is 81.6 cm³/mol. The van der Waals surface area contributed by atoms with E-state index in [9.17, 15) is 18.1 Å². The molecule has 0 aromatic carbocycles. The van der Waals surface area contributed by atoms with Crippen LogP contribution in [0.4, 0.5) is 0 Å². The molecule has 0 rings (SSSR count). The van der Waals surface area contributed by atoms with E-state index in [0.29, 0.717) is 12.8 Å². The third kappa shape index (κ3) is 14.8. The molecular formula is C15H31KO4S. The van der Waals surface area contributed by atoms with Crippen LogP contribution in [0.2, 0.25) is 0 Å². The van der Waals surface area contributed by atoms with Crippen molar-refractivity contribution >= 4 is 10.1 Å². The molecule has 0 aliphatic rings. The molecule has 0 radical (unpaired) electrons. The van der Waals surface area contributed by atoms with Crippen LogP contribution < -0.4 is 51.4 Å². The molecule has 0 saturated carbocycles. The van der Waals surface area contributed by atoms with E-state index in [2.05, 4.69) is 6.92 Å². The molecule has 0 aromatic rings. The van der Waals surface area contributed by atoms with Crippen LogP contribution in [0.25, 0.3) is 0 Å². The minimum atomic E-state index is -4.14. The van der Waals surface area contributed by atoms with Gasteiger partial charge < -0.3 is 9.66 Å². The summed E-state index contributed by atoms with van der Waals surface area (Å²) in [5.74, 6) is 0. The predicted octanol–water partition coefficient (Wildman–Crippen LogP) is 0.596. The maximum atomic E-state index is 11.0. The fraction of sp³-hybridized carbons (Fsp3) is 1.00. The van der Waals surface area contributed by atoms with E-state index in [1.807, 2.05) is 6.92 Å². The van der Waals surface area contributed by atoms with Crippen LogP contribution in [-0.2, 0) is 10.1 Å². The van der Waals surface area contributed by atoms with Crippen molar-refractivity contribution in [1.29, 1.82) is 0 Å². The third-order valence-electron chi connectivity index (χ3n) is 3.72. The van der Waals surface area contributed by atoms with E-state index in [1.54, 1.807) is 0 Å². The van der Waals surface area contributed by atoms with E-state index in [4.69, 9.17) is 0 Å². The molecule has 2 atom stereocenters. The molecule has 0 heterocycles. The van der Waals surface area contributed by atoms with Crippen LogP contribution in [0.3, 0.4) is 0 Å². The molecule has 122 valence electrons. The number of unbranched alkanes of at least 4 members (excludes halogenated alkanes) is 4. The Bertz CT molecular complexity index is 320. The van der Waals surface area contributed by atoms with Gasteiger partial charge in [0.1, 0.15) is 0 Å². The zero-order chi connectivity index (χ0) is 15.4. The number of hydrogen-bond donors (Lipinski definition) is 1. The van der Waals surface area contributed by atoms with Gasteiger partial charge in [-0.15, -0.1) is 0 Å². The Morgan fingerprint density at radius 3 is 1.86 bits per heavy atom. The van der Waals surface area contributed by atoms with Crippen molar-refractivity contribution in [2.24, 2.45) is 0 Å². The third-order valence-corrected chi connectivity index (χ3v) is 5.01. The SMILES string of the molecule is CCCCCC(O)CCCCCC(CCC)S(=O)(=O)[O-].[K+]. The van der Waals surface area contributed by atoms with Gasteiger partial charge >= 0.3 is 51.4 Å². The van der Waals surface area contributed by atoms with E-state index in [1.165, 1.54) is 0 Å². The van der Waals surface area contributed by atoms with Crippen molar-refractivity contribution < 1.29 is 69.5 Å². The van der Waals surface area contributed by atoms with Crippen molar-refractivity contribution in [3.8, 4) is 0 Å². The largest absolute Gasteiger partial charge is 1.00 e. The number of rotatable bonds is 13. The molecule has 0 fully saturated rings. The summed E-state index contributed by atoms with van der Waals surface area (Å²) in [6, 6.07) is 0. The molecule has 0 amide bonds. The van der Waals surface area contributed by atoms with Gasteiger partial charge in [0.15, 0.2) is 0 Å². The summed E-state index contributed by atoms with van der Waals surface area (Å²) in [7, 11) is -4.14. The van der Waals surface area contributed by atoms with E-state index >= 15 is 0 Å². The Kier molecular flexibility index (Phi) is 17.8. The normalized spacial score (nSPS) is 14.5. The second-order valence-electron chi connectivity index (χ2n) is 5.69. The molecule has 0 aliphatic carbocycles. The van der Waals surface area contributed by atoms with Crippen molar-refractivity contribution in [3.63, 3.8) is 0 Å². The van der Waals surface area contributed by atoms with Crippen LogP contribution in [0.5, 0.6) is 0 Å². The second-order valence-corrected chi connectivity index (χ2v) is 7.34. The van der Waals surface area contributed by atoms with Crippen LogP contribution in [-0.4, -0.2) is 29.4 Å². The molecule has 0 aliphatic heterocycles. The van der Waals surface area contributed by atoms with E-state index in [-0.39, 0.29) is 57.5 Å². The number of aliphatic hydroxyl groups excluding tert-OH is 1. The standard InChI is InChI=1S/C15H32O4S.K/c1-3-5-7-11-14(16)12-8-6-9-13-15(10-4-2)20(17,18)19;/h14-16H,3-13H2,1-2H3,(H,17,18,19);/q;+1/p-1. The Balaban J connectivity index is 0. The second kappa shape index (κ2) is 15.1. The topological polar surface area (TPSA) is 77.4 Å². The molecule has 6 heteroatoms. The Hall–Kier alpha value is 1.51. The Morgan fingerprint density at radius 1 is 0.857 bits per heavy atom. The summed E-state index contributed by atoms with van der Waals surface area (Å²) in [5.41, 5.74) is 0. The van der Waals surface area contributed by atoms with Gasteiger partial charge in [0.25, 0.3) is 0 Å². The maximum Gasteiger partial charge on any atom is 1.00 e. The smallest absolute Gasteiger partial charge is 0.748 e. The quantitative estimate of drug-likeness (QED) is 0.301. The average Bonchev–Trinajstić information content (AvgIpc) is 2.36. The maximum absolute atomic E-state index is 11.0.